The molecule has 3 heterocycles. The molecule has 0 spiro atoms. The van der Waals surface area contributed by atoms with Crippen LogP contribution in [-0.2, 0) is 7.05 Å². The Bertz CT molecular complexity index is 734. The Labute approximate surface area is 110 Å². The number of hydrogen-bond donors (Lipinski definition) is 0. The minimum atomic E-state index is 0. The number of nitrogens with zero attached hydrogens (tertiary/aromatic N) is 5. The van der Waals surface area contributed by atoms with Crippen LogP contribution in [0.5, 0.6) is 0 Å². The Hall–Kier alpha value is -2.32. The zero-order valence-corrected chi connectivity index (χ0v) is 10.4. The van der Waals surface area contributed by atoms with E-state index in [1.54, 1.807) is 15.4 Å². The molecule has 0 unspecified atom stereocenters. The minimum absolute atomic E-state index is 0. The lowest BCUT2D eigenvalue weighted by Crippen LogP contribution is -1.85. The molecule has 0 aliphatic heterocycles. The van der Waals surface area contributed by atoms with E-state index < -0.39 is 0 Å². The monoisotopic (exact) mass is 259 g/mol. The van der Waals surface area contributed by atoms with E-state index in [-0.39, 0.29) is 12.4 Å². The number of fused-ring (bicyclic) bond motifs is 1. The Morgan fingerprint density at radius 2 is 2.17 bits per heavy atom. The molecule has 90 valence electrons. The Morgan fingerprint density at radius 1 is 1.33 bits per heavy atom. The molecule has 0 N–H and O–H groups in total. The molecular weight excluding hydrogens is 250 g/mol. The van der Waals surface area contributed by atoms with E-state index in [0.29, 0.717) is 11.3 Å². The van der Waals surface area contributed by atoms with E-state index in [1.807, 2.05) is 37.6 Å². The van der Waals surface area contributed by atoms with Gasteiger partial charge in [-0.25, -0.2) is 4.52 Å². The summed E-state index contributed by atoms with van der Waals surface area (Å²) >= 11 is 0. The maximum absolute atomic E-state index is 9.24. The molecule has 0 saturated carbocycles. The van der Waals surface area contributed by atoms with Gasteiger partial charge in [-0.05, 0) is 12.1 Å². The van der Waals surface area contributed by atoms with Crippen molar-refractivity contribution in [1.82, 2.24) is 19.4 Å². The molecule has 0 aliphatic rings. The highest BCUT2D eigenvalue weighted by molar-refractivity contribution is 5.85. The third kappa shape index (κ3) is 1.73. The number of aryl methyl sites for hydroxylation is 1. The first-order chi connectivity index (χ1) is 8.29. The summed E-state index contributed by atoms with van der Waals surface area (Å²) in [5, 5.41) is 17.7. The molecule has 3 aromatic rings. The van der Waals surface area contributed by atoms with Gasteiger partial charge < -0.3 is 0 Å². The number of hydrogen-bond acceptors (Lipinski definition) is 3. The molecule has 3 aromatic heterocycles. The summed E-state index contributed by atoms with van der Waals surface area (Å²) in [5.74, 6) is 0. The smallest absolute Gasteiger partial charge is 0.114 e. The average molecular weight is 260 g/mol. The Morgan fingerprint density at radius 3 is 2.83 bits per heavy atom. The van der Waals surface area contributed by atoms with Crippen molar-refractivity contribution in [2.45, 2.75) is 0 Å². The second kappa shape index (κ2) is 4.51. The summed E-state index contributed by atoms with van der Waals surface area (Å²) in [7, 11) is 1.84. The van der Waals surface area contributed by atoms with Gasteiger partial charge in [0.15, 0.2) is 0 Å². The van der Waals surface area contributed by atoms with E-state index in [4.69, 9.17) is 0 Å². The summed E-state index contributed by atoms with van der Waals surface area (Å²) in [6.45, 7) is 0. The van der Waals surface area contributed by atoms with Crippen LogP contribution in [0.15, 0.2) is 36.8 Å². The normalized spacial score (nSPS) is 10.0. The Kier molecular flexibility index (Phi) is 3.04. The van der Waals surface area contributed by atoms with Crippen LogP contribution in [0.25, 0.3) is 16.8 Å². The van der Waals surface area contributed by atoms with Gasteiger partial charge in [0.2, 0.25) is 0 Å². The van der Waals surface area contributed by atoms with Crippen molar-refractivity contribution < 1.29 is 0 Å². The van der Waals surface area contributed by atoms with E-state index in [0.717, 1.165) is 11.1 Å². The molecular formula is C12H10ClN5. The van der Waals surface area contributed by atoms with Crippen molar-refractivity contribution in [2.24, 2.45) is 7.05 Å². The van der Waals surface area contributed by atoms with Crippen molar-refractivity contribution in [2.75, 3.05) is 0 Å². The zero-order valence-electron chi connectivity index (χ0n) is 9.61. The van der Waals surface area contributed by atoms with Gasteiger partial charge in [-0.1, -0.05) is 6.07 Å². The lowest BCUT2D eigenvalue weighted by molar-refractivity contribution is 0.768. The van der Waals surface area contributed by atoms with Crippen LogP contribution >= 0.6 is 12.4 Å². The van der Waals surface area contributed by atoms with Crippen molar-refractivity contribution in [3.05, 3.63) is 42.4 Å². The summed E-state index contributed by atoms with van der Waals surface area (Å²) in [4.78, 5) is 0. The van der Waals surface area contributed by atoms with Gasteiger partial charge in [0.25, 0.3) is 0 Å². The molecule has 0 atom stereocenters. The maximum atomic E-state index is 9.24. The van der Waals surface area contributed by atoms with Crippen LogP contribution in [0.3, 0.4) is 0 Å². The standard InChI is InChI=1S/C12H9N5.ClH/c1-16-8-9(7-14-16)12-10(6-13)11-4-2-3-5-17(11)15-12;/h2-5,7-8H,1H3;1H. The SMILES string of the molecule is Cl.Cn1cc(-c2nn3ccccc3c2C#N)cn1. The number of halogens is 1. The first-order valence-electron chi connectivity index (χ1n) is 5.16. The molecule has 0 amide bonds. The predicted octanol–water partition coefficient (Wildman–Crippen LogP) is 2.03. The fraction of sp³-hybridized carbons (Fsp3) is 0.0833. The Balaban J connectivity index is 0.00000120. The molecule has 5 nitrogen and oxygen atoms in total. The third-order valence-electron chi connectivity index (χ3n) is 2.63. The van der Waals surface area contributed by atoms with Gasteiger partial charge in [-0.15, -0.1) is 12.4 Å². The second-order valence-electron chi connectivity index (χ2n) is 3.77. The molecule has 18 heavy (non-hydrogen) atoms. The van der Waals surface area contributed by atoms with Crippen LogP contribution in [0, 0.1) is 11.3 Å². The molecule has 6 heteroatoms. The molecule has 0 aliphatic carbocycles. The highest BCUT2D eigenvalue weighted by Crippen LogP contribution is 2.24. The highest BCUT2D eigenvalue weighted by Gasteiger charge is 2.14. The van der Waals surface area contributed by atoms with Crippen molar-refractivity contribution in [3.63, 3.8) is 0 Å². The van der Waals surface area contributed by atoms with Crippen LogP contribution in [0.2, 0.25) is 0 Å². The summed E-state index contributed by atoms with van der Waals surface area (Å²) < 4.78 is 3.40. The van der Waals surface area contributed by atoms with Gasteiger partial charge >= 0.3 is 0 Å². The highest BCUT2D eigenvalue weighted by atomic mass is 35.5. The predicted molar refractivity (Wildman–Crippen MR) is 69.4 cm³/mol. The third-order valence-corrected chi connectivity index (χ3v) is 2.63. The van der Waals surface area contributed by atoms with Crippen molar-refractivity contribution >= 4 is 17.9 Å². The lowest BCUT2D eigenvalue weighted by Gasteiger charge is -1.89. The van der Waals surface area contributed by atoms with E-state index in [1.165, 1.54) is 0 Å². The molecule has 0 aromatic carbocycles. The van der Waals surface area contributed by atoms with Crippen molar-refractivity contribution in [1.29, 1.82) is 5.26 Å². The summed E-state index contributed by atoms with van der Waals surface area (Å²) in [6.07, 6.45) is 5.39. The van der Waals surface area contributed by atoms with Gasteiger partial charge in [-0.2, -0.15) is 15.5 Å². The van der Waals surface area contributed by atoms with E-state index in [9.17, 15) is 5.26 Å². The number of rotatable bonds is 1. The molecule has 0 fully saturated rings. The van der Waals surface area contributed by atoms with Crippen LogP contribution < -0.4 is 0 Å². The average Bonchev–Trinajstić information content (AvgIpc) is 2.91. The quantitative estimate of drug-likeness (QED) is 0.672. The maximum Gasteiger partial charge on any atom is 0.114 e. The zero-order chi connectivity index (χ0) is 11.8. The second-order valence-corrected chi connectivity index (χ2v) is 3.77. The lowest BCUT2D eigenvalue weighted by atomic mass is 10.1. The number of nitriles is 1. The van der Waals surface area contributed by atoms with Crippen LogP contribution in [-0.4, -0.2) is 19.4 Å². The van der Waals surface area contributed by atoms with Gasteiger partial charge in [0.1, 0.15) is 17.3 Å². The summed E-state index contributed by atoms with van der Waals surface area (Å²) in [5.41, 5.74) is 2.92. The fourth-order valence-electron chi connectivity index (χ4n) is 1.85. The van der Waals surface area contributed by atoms with Crippen molar-refractivity contribution in [3.8, 4) is 17.3 Å². The minimum Gasteiger partial charge on any atom is -0.275 e. The van der Waals surface area contributed by atoms with Gasteiger partial charge in [0.05, 0.1) is 11.7 Å². The van der Waals surface area contributed by atoms with E-state index >= 15 is 0 Å². The molecule has 3 rings (SSSR count). The van der Waals surface area contributed by atoms with Crippen LogP contribution in [0.1, 0.15) is 5.56 Å². The number of aromatic nitrogens is 4. The first-order valence-corrected chi connectivity index (χ1v) is 5.16. The fourth-order valence-corrected chi connectivity index (χ4v) is 1.85. The molecule has 0 bridgehead atoms. The van der Waals surface area contributed by atoms with Crippen LogP contribution in [0.4, 0.5) is 0 Å². The molecule has 0 saturated heterocycles. The summed E-state index contributed by atoms with van der Waals surface area (Å²) in [6, 6.07) is 7.86. The number of pyridine rings is 1. The topological polar surface area (TPSA) is 58.9 Å². The van der Waals surface area contributed by atoms with E-state index in [2.05, 4.69) is 16.3 Å². The largest absolute Gasteiger partial charge is 0.275 e. The molecule has 0 radical (unpaired) electrons. The van der Waals surface area contributed by atoms with Gasteiger partial charge in [0, 0.05) is 25.0 Å². The van der Waals surface area contributed by atoms with Gasteiger partial charge in [-0.3, -0.25) is 4.68 Å². The first kappa shape index (κ1) is 12.1.